The van der Waals surface area contributed by atoms with Gasteiger partial charge in [-0.15, -0.1) is 0 Å². The first-order valence-electron chi connectivity index (χ1n) is 11.1. The van der Waals surface area contributed by atoms with Crippen molar-refractivity contribution in [2.75, 3.05) is 5.32 Å². The van der Waals surface area contributed by atoms with E-state index in [1.54, 1.807) is 6.07 Å². The predicted molar refractivity (Wildman–Crippen MR) is 140 cm³/mol. The van der Waals surface area contributed by atoms with E-state index in [9.17, 15) is 13.2 Å². The number of aromatic nitrogens is 3. The number of nitrogens with one attached hydrogen (secondary N) is 1. The molecule has 0 aliphatic rings. The lowest BCUT2D eigenvalue weighted by molar-refractivity contribution is 0.420. The first kappa shape index (κ1) is 24.8. The highest BCUT2D eigenvalue weighted by atomic mass is 35.5. The summed E-state index contributed by atoms with van der Waals surface area (Å²) in [6, 6.07) is 7.89. The number of aryl methyl sites for hydroxylation is 2. The fourth-order valence-electron chi connectivity index (χ4n) is 4.28. The van der Waals surface area contributed by atoms with Gasteiger partial charge in [0.25, 0.3) is 10.0 Å². The molecule has 1 aromatic carbocycles. The second kappa shape index (κ2) is 9.18. The largest absolute Gasteiger partial charge is 0.455 e. The minimum Gasteiger partial charge on any atom is -0.455 e. The van der Waals surface area contributed by atoms with E-state index in [0.717, 1.165) is 5.56 Å². The van der Waals surface area contributed by atoms with Crippen LogP contribution in [0, 0.1) is 6.92 Å². The van der Waals surface area contributed by atoms with Crippen molar-refractivity contribution in [1.29, 1.82) is 0 Å². The van der Waals surface area contributed by atoms with Crippen molar-refractivity contribution in [2.45, 2.75) is 24.9 Å². The van der Waals surface area contributed by atoms with Crippen LogP contribution in [0.5, 0.6) is 0 Å². The smallest absolute Gasteiger partial charge is 0.257 e. The lowest BCUT2D eigenvalue weighted by Gasteiger charge is -2.20. The molecule has 10 nitrogen and oxygen atoms in total. The number of hydrogen-bond acceptors (Lipinski definition) is 8. The molecular formula is C25H22ClN5O5S. The van der Waals surface area contributed by atoms with Crippen LogP contribution in [0.15, 0.2) is 73.9 Å². The molecule has 0 fully saturated rings. The number of rotatable bonds is 6. The Labute approximate surface area is 216 Å². The van der Waals surface area contributed by atoms with Crippen molar-refractivity contribution >= 4 is 38.3 Å². The maximum absolute atomic E-state index is 13.9. The van der Waals surface area contributed by atoms with E-state index in [4.69, 9.17) is 25.7 Å². The van der Waals surface area contributed by atoms with Crippen LogP contribution in [-0.2, 0) is 17.1 Å². The first-order valence-corrected chi connectivity index (χ1v) is 13.0. The summed E-state index contributed by atoms with van der Waals surface area (Å²) in [5.41, 5.74) is 3.24. The Morgan fingerprint density at radius 1 is 1.19 bits per heavy atom. The molecule has 5 aromatic rings. The Morgan fingerprint density at radius 3 is 2.62 bits per heavy atom. The second-order valence-corrected chi connectivity index (χ2v) is 10.6. The van der Waals surface area contributed by atoms with E-state index in [2.05, 4.69) is 15.5 Å². The fraction of sp³-hybridized carbons (Fsp3) is 0.160. The Balaban J connectivity index is 1.73. The number of fused-ring (bicyclic) bond motifs is 1. The van der Waals surface area contributed by atoms with Gasteiger partial charge < -0.3 is 18.8 Å². The van der Waals surface area contributed by atoms with Crippen LogP contribution in [0.4, 0.5) is 5.69 Å². The second-order valence-electron chi connectivity index (χ2n) is 8.74. The third-order valence-electron chi connectivity index (χ3n) is 5.91. The van der Waals surface area contributed by atoms with Crippen LogP contribution in [0.25, 0.3) is 33.4 Å². The summed E-state index contributed by atoms with van der Waals surface area (Å²) in [7, 11) is -2.29. The molecule has 0 aliphatic heterocycles. The van der Waals surface area contributed by atoms with Gasteiger partial charge in [0.05, 0.1) is 28.9 Å². The van der Waals surface area contributed by atoms with Crippen LogP contribution in [0.3, 0.4) is 0 Å². The molecular weight excluding hydrogens is 518 g/mol. The standard InChI is InChI=1S/C25H22ClN5O5S/c1-13-8-17(14(2)29-19-4-5-20(26)30-25(19)37(27,33)34)24-18(9-13)22(32)21(16-10-28-35-12-16)23(36-24)15-6-7-31(3)11-15/h4-12,14,29H,1-3H3,(H2,27,33,34)/t14-/m1/s1. The van der Waals surface area contributed by atoms with Crippen molar-refractivity contribution in [3.8, 4) is 22.5 Å². The number of halogens is 1. The van der Waals surface area contributed by atoms with Crippen molar-refractivity contribution in [1.82, 2.24) is 14.7 Å². The quantitative estimate of drug-likeness (QED) is 0.297. The average molecular weight is 540 g/mol. The van der Waals surface area contributed by atoms with Gasteiger partial charge in [0.2, 0.25) is 5.43 Å². The lowest BCUT2D eigenvalue weighted by Crippen LogP contribution is -2.18. The van der Waals surface area contributed by atoms with Gasteiger partial charge in [-0.3, -0.25) is 4.79 Å². The third-order valence-corrected chi connectivity index (χ3v) is 6.98. The van der Waals surface area contributed by atoms with Gasteiger partial charge in [0.1, 0.15) is 22.8 Å². The van der Waals surface area contributed by atoms with Crippen LogP contribution in [-0.4, -0.2) is 23.1 Å². The van der Waals surface area contributed by atoms with Gasteiger partial charge in [-0.25, -0.2) is 18.5 Å². The molecule has 0 amide bonds. The Hall–Kier alpha value is -3.93. The highest BCUT2D eigenvalue weighted by Gasteiger charge is 2.24. The molecule has 37 heavy (non-hydrogen) atoms. The summed E-state index contributed by atoms with van der Waals surface area (Å²) in [6.07, 6.45) is 6.55. The van der Waals surface area contributed by atoms with Crippen LogP contribution in [0.2, 0.25) is 5.15 Å². The predicted octanol–water partition coefficient (Wildman–Crippen LogP) is 4.63. The van der Waals surface area contributed by atoms with E-state index in [1.807, 2.05) is 50.0 Å². The fourth-order valence-corrected chi connectivity index (χ4v) is 5.14. The number of primary sulfonamides is 1. The molecule has 4 heterocycles. The zero-order chi connectivity index (χ0) is 26.5. The zero-order valence-corrected chi connectivity index (χ0v) is 21.6. The minimum atomic E-state index is -4.16. The van der Waals surface area contributed by atoms with Gasteiger partial charge in [0, 0.05) is 36.1 Å². The molecule has 0 bridgehead atoms. The Bertz CT molecular complexity index is 1810. The van der Waals surface area contributed by atoms with Crippen molar-refractivity contribution < 1.29 is 17.4 Å². The molecule has 190 valence electrons. The van der Waals surface area contributed by atoms with Gasteiger partial charge in [-0.05, 0) is 43.7 Å². The molecule has 0 spiro atoms. The number of anilines is 1. The van der Waals surface area contributed by atoms with Crippen molar-refractivity contribution in [3.63, 3.8) is 0 Å². The van der Waals surface area contributed by atoms with E-state index in [0.29, 0.717) is 39.0 Å². The summed E-state index contributed by atoms with van der Waals surface area (Å²) in [6.45, 7) is 3.67. The molecule has 4 aromatic heterocycles. The van der Waals surface area contributed by atoms with Crippen LogP contribution in [0.1, 0.15) is 24.1 Å². The molecule has 0 saturated heterocycles. The molecule has 3 N–H and O–H groups in total. The van der Waals surface area contributed by atoms with E-state index in [1.165, 1.54) is 24.6 Å². The van der Waals surface area contributed by atoms with E-state index in [-0.39, 0.29) is 21.3 Å². The highest BCUT2D eigenvalue weighted by Crippen LogP contribution is 2.36. The SMILES string of the molecule is Cc1cc([C@@H](C)Nc2ccc(Cl)nc2S(N)(=O)=O)c2oc(-c3ccn(C)c3)c(-c3cnoc3)c(=O)c2c1. The molecule has 1 atom stereocenters. The summed E-state index contributed by atoms with van der Waals surface area (Å²) >= 11 is 5.91. The van der Waals surface area contributed by atoms with E-state index >= 15 is 0 Å². The molecule has 5 rings (SSSR count). The maximum atomic E-state index is 13.9. The molecule has 12 heteroatoms. The number of nitrogens with two attached hydrogens (primary N) is 1. The number of benzene rings is 1. The lowest BCUT2D eigenvalue weighted by atomic mass is 9.97. The third kappa shape index (κ3) is 4.64. The number of nitrogens with zero attached hydrogens (tertiary/aromatic N) is 3. The Kier molecular flexibility index (Phi) is 6.14. The average Bonchev–Trinajstić information content (AvgIpc) is 3.51. The van der Waals surface area contributed by atoms with Crippen LogP contribution < -0.4 is 15.9 Å². The molecule has 0 radical (unpaired) electrons. The topological polar surface area (TPSA) is 146 Å². The first-order chi connectivity index (χ1) is 17.5. The monoisotopic (exact) mass is 539 g/mol. The number of sulfonamides is 1. The van der Waals surface area contributed by atoms with Crippen LogP contribution >= 0.6 is 11.6 Å². The summed E-state index contributed by atoms with van der Waals surface area (Å²) < 4.78 is 37.6. The molecule has 0 aliphatic carbocycles. The summed E-state index contributed by atoms with van der Waals surface area (Å²) in [5, 5.41) is 12.2. The highest BCUT2D eigenvalue weighted by molar-refractivity contribution is 7.89. The summed E-state index contributed by atoms with van der Waals surface area (Å²) in [4.78, 5) is 17.7. The minimum absolute atomic E-state index is 0.0111. The zero-order valence-electron chi connectivity index (χ0n) is 20.0. The van der Waals surface area contributed by atoms with Gasteiger partial charge in [0.15, 0.2) is 5.03 Å². The maximum Gasteiger partial charge on any atom is 0.257 e. The van der Waals surface area contributed by atoms with Gasteiger partial charge in [-0.2, -0.15) is 0 Å². The van der Waals surface area contributed by atoms with Gasteiger partial charge in [-0.1, -0.05) is 22.8 Å². The van der Waals surface area contributed by atoms with Crippen molar-refractivity contribution in [3.05, 3.63) is 81.7 Å². The normalized spacial score (nSPS) is 12.7. The molecule has 0 saturated carbocycles. The summed E-state index contributed by atoms with van der Waals surface area (Å²) in [5.74, 6) is 0.358. The number of hydrogen-bond donors (Lipinski definition) is 2. The van der Waals surface area contributed by atoms with Crippen molar-refractivity contribution in [2.24, 2.45) is 12.2 Å². The number of pyridine rings is 1. The van der Waals surface area contributed by atoms with E-state index < -0.39 is 16.1 Å². The van der Waals surface area contributed by atoms with Gasteiger partial charge >= 0.3 is 0 Å². The Morgan fingerprint density at radius 2 is 1.97 bits per heavy atom. The molecule has 0 unspecified atom stereocenters.